The topological polar surface area (TPSA) is 26.0 Å². The summed E-state index contributed by atoms with van der Waals surface area (Å²) in [5, 5.41) is 0. The van der Waals surface area contributed by atoms with Crippen molar-refractivity contribution in [3.05, 3.63) is 0 Å². The highest BCUT2D eigenvalue weighted by molar-refractivity contribution is 4.99. The van der Waals surface area contributed by atoms with Crippen LogP contribution in [0.5, 0.6) is 0 Å². The molecule has 0 aromatic heterocycles. The van der Waals surface area contributed by atoms with Crippen molar-refractivity contribution in [1.82, 2.24) is 0 Å². The summed E-state index contributed by atoms with van der Waals surface area (Å²) < 4.78 is 0. The molecule has 40 valence electrons. The minimum Gasteiger partial charge on any atom is -0.327 e. The summed E-state index contributed by atoms with van der Waals surface area (Å²) in [7, 11) is 0. The fourth-order valence-electron chi connectivity index (χ4n) is 1.30. The summed E-state index contributed by atoms with van der Waals surface area (Å²) in [6.07, 6.45) is 4.27. The Labute approximate surface area is 43.9 Å². The van der Waals surface area contributed by atoms with E-state index < -0.39 is 0 Å². The largest absolute Gasteiger partial charge is 0.327 e. The van der Waals surface area contributed by atoms with Gasteiger partial charge in [0, 0.05) is 6.04 Å². The van der Waals surface area contributed by atoms with Gasteiger partial charge in [-0.15, -0.1) is 0 Å². The van der Waals surface area contributed by atoms with Gasteiger partial charge in [-0.05, 0) is 31.1 Å². The summed E-state index contributed by atoms with van der Waals surface area (Å²) >= 11 is 0. The van der Waals surface area contributed by atoms with Gasteiger partial charge in [-0.25, -0.2) is 0 Å². The molecule has 2 atom stereocenters. The second-order valence-electron chi connectivity index (χ2n) is 2.90. The average Bonchev–Trinajstić information content (AvgIpc) is 2.23. The Bertz CT molecular complexity index is 86.2. The van der Waals surface area contributed by atoms with Crippen molar-refractivity contribution in [3.63, 3.8) is 0 Å². The van der Waals surface area contributed by atoms with E-state index in [1.807, 2.05) is 0 Å². The Balaban J connectivity index is 1.88. The van der Waals surface area contributed by atoms with Crippen LogP contribution in [0.1, 0.15) is 19.3 Å². The van der Waals surface area contributed by atoms with E-state index in [0.29, 0.717) is 6.04 Å². The minimum atomic E-state index is 0.604. The molecule has 0 amide bonds. The Morgan fingerprint density at radius 3 is 2.00 bits per heavy atom. The number of hydrogen-bond donors (Lipinski definition) is 1. The first-order chi connectivity index (χ1) is 3.38. The van der Waals surface area contributed by atoms with Gasteiger partial charge in [-0.2, -0.15) is 0 Å². The molecular weight excluding hydrogens is 86.1 g/mol. The van der Waals surface area contributed by atoms with Gasteiger partial charge in [0.25, 0.3) is 0 Å². The van der Waals surface area contributed by atoms with E-state index in [1.165, 1.54) is 19.3 Å². The van der Waals surface area contributed by atoms with Gasteiger partial charge >= 0.3 is 0 Å². The second kappa shape index (κ2) is 1.03. The van der Waals surface area contributed by atoms with Gasteiger partial charge in [0.05, 0.1) is 0 Å². The van der Waals surface area contributed by atoms with E-state index >= 15 is 0 Å². The predicted octanol–water partition coefficient (Wildman–Crippen LogP) is 0.744. The van der Waals surface area contributed by atoms with Crippen LogP contribution in [0.2, 0.25) is 0 Å². The van der Waals surface area contributed by atoms with E-state index in [4.69, 9.17) is 5.73 Å². The first kappa shape index (κ1) is 3.90. The third kappa shape index (κ3) is 0.556. The lowest BCUT2D eigenvalue weighted by Gasteiger charge is -1.83. The molecule has 0 heterocycles. The molecule has 0 aromatic rings. The zero-order valence-electron chi connectivity index (χ0n) is 4.43. The van der Waals surface area contributed by atoms with Crippen molar-refractivity contribution in [3.8, 4) is 0 Å². The second-order valence-corrected chi connectivity index (χ2v) is 2.90. The maximum atomic E-state index is 5.61. The summed E-state index contributed by atoms with van der Waals surface area (Å²) in [4.78, 5) is 0. The third-order valence-electron chi connectivity index (χ3n) is 2.12. The normalized spacial score (nSPS) is 49.3. The van der Waals surface area contributed by atoms with Crippen LogP contribution in [0, 0.1) is 11.8 Å². The molecule has 0 aliphatic heterocycles. The van der Waals surface area contributed by atoms with Crippen molar-refractivity contribution >= 4 is 0 Å². The van der Waals surface area contributed by atoms with E-state index in [2.05, 4.69) is 0 Å². The number of hydrogen-bond acceptors (Lipinski definition) is 1. The standard InChI is InChI=1S/C6H11N/c7-6-3-5(6)4-1-2-4/h4-6H,1-3,7H2/t5?,6-/m0/s1. The molecule has 1 unspecified atom stereocenters. The third-order valence-corrected chi connectivity index (χ3v) is 2.12. The molecule has 2 aliphatic carbocycles. The first-order valence-electron chi connectivity index (χ1n) is 3.13. The highest BCUT2D eigenvalue weighted by Gasteiger charge is 2.44. The Morgan fingerprint density at radius 1 is 1.29 bits per heavy atom. The summed E-state index contributed by atoms with van der Waals surface area (Å²) in [6.45, 7) is 0. The molecule has 1 heteroatoms. The van der Waals surface area contributed by atoms with Crippen molar-refractivity contribution in [2.45, 2.75) is 25.3 Å². The van der Waals surface area contributed by atoms with Gasteiger partial charge in [0.1, 0.15) is 0 Å². The van der Waals surface area contributed by atoms with Crippen molar-refractivity contribution in [2.75, 3.05) is 0 Å². The molecule has 0 bridgehead atoms. The van der Waals surface area contributed by atoms with Crippen LogP contribution >= 0.6 is 0 Å². The highest BCUT2D eigenvalue weighted by Crippen LogP contribution is 2.48. The van der Waals surface area contributed by atoms with E-state index in [-0.39, 0.29) is 0 Å². The molecular formula is C6H11N. The predicted molar refractivity (Wildman–Crippen MR) is 28.8 cm³/mol. The maximum Gasteiger partial charge on any atom is 0.00737 e. The van der Waals surface area contributed by atoms with Crippen molar-refractivity contribution in [2.24, 2.45) is 17.6 Å². The van der Waals surface area contributed by atoms with Gasteiger partial charge in [-0.1, -0.05) is 0 Å². The van der Waals surface area contributed by atoms with Gasteiger partial charge in [-0.3, -0.25) is 0 Å². The fourth-order valence-corrected chi connectivity index (χ4v) is 1.30. The average molecular weight is 97.2 g/mol. The van der Waals surface area contributed by atoms with Gasteiger partial charge in [0.15, 0.2) is 0 Å². The molecule has 1 nitrogen and oxygen atoms in total. The van der Waals surface area contributed by atoms with Gasteiger partial charge in [0.2, 0.25) is 0 Å². The van der Waals surface area contributed by atoms with Crippen LogP contribution in [0.25, 0.3) is 0 Å². The highest BCUT2D eigenvalue weighted by atomic mass is 14.8. The SMILES string of the molecule is N[C@H]1CC1C1CC1. The molecule has 2 aliphatic rings. The molecule has 0 saturated heterocycles. The molecule has 0 radical (unpaired) electrons. The van der Waals surface area contributed by atoms with Crippen LogP contribution in [0.15, 0.2) is 0 Å². The molecule has 0 spiro atoms. The molecule has 2 rings (SSSR count). The van der Waals surface area contributed by atoms with Crippen LogP contribution in [0.3, 0.4) is 0 Å². The zero-order chi connectivity index (χ0) is 4.85. The lowest BCUT2D eigenvalue weighted by molar-refractivity contribution is 0.686. The molecule has 2 fully saturated rings. The molecule has 0 aromatic carbocycles. The van der Waals surface area contributed by atoms with E-state index in [9.17, 15) is 0 Å². The lowest BCUT2D eigenvalue weighted by Crippen LogP contribution is -2.02. The van der Waals surface area contributed by atoms with Gasteiger partial charge < -0.3 is 5.73 Å². The van der Waals surface area contributed by atoms with Crippen LogP contribution in [-0.2, 0) is 0 Å². The smallest absolute Gasteiger partial charge is 0.00737 e. The molecule has 2 N–H and O–H groups in total. The maximum absolute atomic E-state index is 5.61. The minimum absolute atomic E-state index is 0.604. The van der Waals surface area contributed by atoms with Crippen LogP contribution in [-0.4, -0.2) is 6.04 Å². The van der Waals surface area contributed by atoms with Crippen LogP contribution in [0.4, 0.5) is 0 Å². The first-order valence-corrected chi connectivity index (χ1v) is 3.13. The number of nitrogens with two attached hydrogens (primary N) is 1. The van der Waals surface area contributed by atoms with Crippen molar-refractivity contribution in [1.29, 1.82) is 0 Å². The summed E-state index contributed by atoms with van der Waals surface area (Å²) in [5.74, 6) is 2.02. The Morgan fingerprint density at radius 2 is 1.86 bits per heavy atom. The zero-order valence-corrected chi connectivity index (χ0v) is 4.43. The lowest BCUT2D eigenvalue weighted by atomic mass is 10.3. The molecule has 7 heavy (non-hydrogen) atoms. The monoisotopic (exact) mass is 97.1 g/mol. The fraction of sp³-hybridized carbons (Fsp3) is 1.00. The van der Waals surface area contributed by atoms with Crippen molar-refractivity contribution < 1.29 is 0 Å². The van der Waals surface area contributed by atoms with Crippen LogP contribution < -0.4 is 5.73 Å². The Kier molecular flexibility index (Phi) is 0.571. The number of rotatable bonds is 1. The summed E-state index contributed by atoms with van der Waals surface area (Å²) in [5.41, 5.74) is 5.61. The Hall–Kier alpha value is -0.0400. The van der Waals surface area contributed by atoms with E-state index in [1.54, 1.807) is 0 Å². The summed E-state index contributed by atoms with van der Waals surface area (Å²) in [6, 6.07) is 0.604. The van der Waals surface area contributed by atoms with E-state index in [0.717, 1.165) is 11.8 Å². The molecule has 2 saturated carbocycles. The quantitative estimate of drug-likeness (QED) is 0.513.